The first kappa shape index (κ1) is 15.2. The summed E-state index contributed by atoms with van der Waals surface area (Å²) in [6.45, 7) is 7.60. The molecular formula is C12H18O5. The van der Waals surface area contributed by atoms with Crippen molar-refractivity contribution >= 4 is 12.3 Å². The molecular weight excluding hydrogens is 224 g/mol. The van der Waals surface area contributed by atoms with Crippen LogP contribution in [0.2, 0.25) is 0 Å². The van der Waals surface area contributed by atoms with Crippen LogP contribution in [0.15, 0.2) is 23.3 Å². The van der Waals surface area contributed by atoms with E-state index in [9.17, 15) is 9.59 Å². The maximum atomic E-state index is 10.9. The van der Waals surface area contributed by atoms with Crippen molar-refractivity contribution in [2.24, 2.45) is 0 Å². The Morgan fingerprint density at radius 1 is 0.824 bits per heavy atom. The number of rotatable bonds is 4. The monoisotopic (exact) mass is 242 g/mol. The van der Waals surface area contributed by atoms with Gasteiger partial charge in [0.25, 0.3) is 0 Å². The fraction of sp³-hybridized carbons (Fsp3) is 0.500. The Kier molecular flexibility index (Phi) is 7.50. The highest BCUT2D eigenvalue weighted by Crippen LogP contribution is 1.95. The molecule has 0 unspecified atom stereocenters. The van der Waals surface area contributed by atoms with E-state index in [1.165, 1.54) is 0 Å². The number of hydrogen-bond donors (Lipinski definition) is 0. The predicted octanol–water partition coefficient (Wildman–Crippen LogP) is 3.21. The largest absolute Gasteiger partial charge is 0.518 e. The molecule has 0 fully saturated rings. The van der Waals surface area contributed by atoms with E-state index in [0.717, 1.165) is 11.1 Å². The van der Waals surface area contributed by atoms with Crippen LogP contribution in [0, 0.1) is 0 Å². The third-order valence-corrected chi connectivity index (χ3v) is 1.55. The highest BCUT2D eigenvalue weighted by Gasteiger charge is 2.11. The summed E-state index contributed by atoms with van der Waals surface area (Å²) in [5.41, 5.74) is 2.01. The lowest BCUT2D eigenvalue weighted by molar-refractivity contribution is 0.0456. The summed E-state index contributed by atoms with van der Waals surface area (Å²) in [7, 11) is 0. The maximum Gasteiger partial charge on any atom is 0.518 e. The maximum absolute atomic E-state index is 10.9. The van der Waals surface area contributed by atoms with Gasteiger partial charge in [-0.1, -0.05) is 11.1 Å². The van der Waals surface area contributed by atoms with Gasteiger partial charge in [-0.05, 0) is 39.8 Å². The summed E-state index contributed by atoms with van der Waals surface area (Å²) in [5.74, 6) is 0. The molecule has 0 spiro atoms. The molecule has 0 aromatic carbocycles. The Hall–Kier alpha value is -1.78. The smallest absolute Gasteiger partial charge is 0.430 e. The molecule has 0 bridgehead atoms. The van der Waals surface area contributed by atoms with Crippen LogP contribution >= 0.6 is 0 Å². The summed E-state index contributed by atoms with van der Waals surface area (Å²) in [6.07, 6.45) is 1.25. The number of allylic oxidation sites excluding steroid dienone is 2. The Bertz CT molecular complexity index is 288. The summed E-state index contributed by atoms with van der Waals surface area (Å²) in [4.78, 5) is 21.9. The second kappa shape index (κ2) is 8.38. The first-order valence-electron chi connectivity index (χ1n) is 5.20. The van der Waals surface area contributed by atoms with Gasteiger partial charge < -0.3 is 14.2 Å². The fourth-order valence-electron chi connectivity index (χ4n) is 0.680. The third-order valence-electron chi connectivity index (χ3n) is 1.55. The molecule has 5 heteroatoms. The highest BCUT2D eigenvalue weighted by molar-refractivity contribution is 5.76. The van der Waals surface area contributed by atoms with E-state index >= 15 is 0 Å². The average molecular weight is 242 g/mol. The van der Waals surface area contributed by atoms with Gasteiger partial charge in [-0.15, -0.1) is 0 Å². The van der Waals surface area contributed by atoms with Crippen molar-refractivity contribution in [2.45, 2.75) is 27.7 Å². The molecule has 0 atom stereocenters. The first-order valence-corrected chi connectivity index (χ1v) is 5.20. The second-order valence-electron chi connectivity index (χ2n) is 3.79. The van der Waals surface area contributed by atoms with Crippen molar-refractivity contribution in [3.63, 3.8) is 0 Å². The van der Waals surface area contributed by atoms with Crippen LogP contribution in [0.4, 0.5) is 9.59 Å². The highest BCUT2D eigenvalue weighted by atomic mass is 16.8. The molecule has 0 aliphatic carbocycles. The SMILES string of the molecule is CC(C)=CCOC(=O)OC(=O)OCC=C(C)C. The van der Waals surface area contributed by atoms with Crippen LogP contribution in [0.3, 0.4) is 0 Å². The van der Waals surface area contributed by atoms with E-state index < -0.39 is 12.3 Å². The van der Waals surface area contributed by atoms with Gasteiger partial charge in [-0.25, -0.2) is 9.59 Å². The van der Waals surface area contributed by atoms with E-state index in [1.807, 2.05) is 27.7 Å². The molecule has 0 radical (unpaired) electrons. The zero-order chi connectivity index (χ0) is 13.3. The van der Waals surface area contributed by atoms with Crippen LogP contribution in [0.25, 0.3) is 0 Å². The lowest BCUT2D eigenvalue weighted by Gasteiger charge is -2.03. The Morgan fingerprint density at radius 2 is 1.18 bits per heavy atom. The summed E-state index contributed by atoms with van der Waals surface area (Å²) < 4.78 is 13.4. The standard InChI is InChI=1S/C12H18O5/c1-9(2)5-7-15-11(13)17-12(14)16-8-6-10(3)4/h5-6H,7-8H2,1-4H3. The van der Waals surface area contributed by atoms with Gasteiger partial charge in [0, 0.05) is 0 Å². The third kappa shape index (κ3) is 10.5. The normalized spacial score (nSPS) is 8.94. The summed E-state index contributed by atoms with van der Waals surface area (Å²) >= 11 is 0. The van der Waals surface area contributed by atoms with Crippen LogP contribution in [-0.4, -0.2) is 25.5 Å². The minimum atomic E-state index is -1.07. The Balaban J connectivity index is 3.77. The zero-order valence-electron chi connectivity index (χ0n) is 10.6. The molecule has 0 aromatic heterocycles. The van der Waals surface area contributed by atoms with E-state index in [-0.39, 0.29) is 13.2 Å². The van der Waals surface area contributed by atoms with Crippen LogP contribution in [-0.2, 0) is 14.2 Å². The molecule has 0 rings (SSSR count). The molecule has 17 heavy (non-hydrogen) atoms. The Labute approximate surface area is 101 Å². The second-order valence-corrected chi connectivity index (χ2v) is 3.79. The quantitative estimate of drug-likeness (QED) is 0.430. The molecule has 0 heterocycles. The average Bonchev–Trinajstić information content (AvgIpc) is 2.15. The predicted molar refractivity (Wildman–Crippen MR) is 62.6 cm³/mol. The van der Waals surface area contributed by atoms with Gasteiger partial charge in [0.05, 0.1) is 0 Å². The molecule has 5 nitrogen and oxygen atoms in total. The van der Waals surface area contributed by atoms with Crippen molar-refractivity contribution in [1.82, 2.24) is 0 Å². The molecule has 0 aromatic rings. The van der Waals surface area contributed by atoms with Crippen molar-refractivity contribution in [2.75, 3.05) is 13.2 Å². The lowest BCUT2D eigenvalue weighted by atomic mass is 10.3. The molecule has 0 aliphatic heterocycles. The van der Waals surface area contributed by atoms with Crippen molar-refractivity contribution in [3.8, 4) is 0 Å². The van der Waals surface area contributed by atoms with Gasteiger partial charge in [-0.2, -0.15) is 0 Å². The molecule has 0 amide bonds. The number of carbonyl (C=O) groups is 2. The minimum absolute atomic E-state index is 0.0718. The van der Waals surface area contributed by atoms with Crippen LogP contribution < -0.4 is 0 Å². The summed E-state index contributed by atoms with van der Waals surface area (Å²) in [6, 6.07) is 0. The van der Waals surface area contributed by atoms with Crippen molar-refractivity contribution < 1.29 is 23.8 Å². The number of ether oxygens (including phenoxy) is 3. The lowest BCUT2D eigenvalue weighted by Crippen LogP contribution is -2.15. The Morgan fingerprint density at radius 3 is 1.47 bits per heavy atom. The van der Waals surface area contributed by atoms with Crippen molar-refractivity contribution in [3.05, 3.63) is 23.3 Å². The zero-order valence-corrected chi connectivity index (χ0v) is 10.6. The summed E-state index contributed by atoms with van der Waals surface area (Å²) in [5, 5.41) is 0. The molecule has 0 N–H and O–H groups in total. The van der Waals surface area contributed by atoms with Gasteiger partial charge in [0.1, 0.15) is 13.2 Å². The van der Waals surface area contributed by atoms with Gasteiger partial charge in [0.15, 0.2) is 0 Å². The minimum Gasteiger partial charge on any atom is -0.430 e. The van der Waals surface area contributed by atoms with E-state index in [4.69, 9.17) is 0 Å². The van der Waals surface area contributed by atoms with E-state index in [2.05, 4.69) is 14.2 Å². The van der Waals surface area contributed by atoms with Gasteiger partial charge in [-0.3, -0.25) is 0 Å². The van der Waals surface area contributed by atoms with E-state index in [0.29, 0.717) is 0 Å². The van der Waals surface area contributed by atoms with Gasteiger partial charge in [0.2, 0.25) is 0 Å². The molecule has 0 saturated heterocycles. The number of carbonyl (C=O) groups excluding carboxylic acids is 2. The molecule has 0 aliphatic rings. The van der Waals surface area contributed by atoms with Crippen molar-refractivity contribution in [1.29, 1.82) is 0 Å². The molecule has 96 valence electrons. The van der Waals surface area contributed by atoms with Crippen LogP contribution in [0.1, 0.15) is 27.7 Å². The van der Waals surface area contributed by atoms with Gasteiger partial charge >= 0.3 is 12.3 Å². The van der Waals surface area contributed by atoms with Crippen LogP contribution in [0.5, 0.6) is 0 Å². The topological polar surface area (TPSA) is 61.8 Å². The molecule has 0 saturated carbocycles. The number of hydrogen-bond acceptors (Lipinski definition) is 5. The van der Waals surface area contributed by atoms with E-state index in [1.54, 1.807) is 12.2 Å². The first-order chi connectivity index (χ1) is 7.91. The fourth-order valence-corrected chi connectivity index (χ4v) is 0.680.